The van der Waals surface area contributed by atoms with Crippen molar-refractivity contribution in [2.45, 2.75) is 17.9 Å². The highest BCUT2D eigenvalue weighted by molar-refractivity contribution is 7.87. The van der Waals surface area contributed by atoms with Gasteiger partial charge in [0, 0.05) is 41.1 Å². The molecule has 1 aromatic carbocycles. The van der Waals surface area contributed by atoms with Crippen molar-refractivity contribution in [3.63, 3.8) is 0 Å². The summed E-state index contributed by atoms with van der Waals surface area (Å²) in [5.41, 5.74) is 0.834. The molecule has 1 heterocycles. The van der Waals surface area contributed by atoms with Gasteiger partial charge >= 0.3 is 0 Å². The van der Waals surface area contributed by atoms with E-state index in [1.54, 1.807) is 37.4 Å². The third-order valence-electron chi connectivity index (χ3n) is 3.35. The molecule has 2 atom stereocenters. The zero-order valence-electron chi connectivity index (χ0n) is 12.1. The molecule has 0 unspecified atom stereocenters. The zero-order valence-corrected chi connectivity index (χ0v) is 13.7. The Balaban J connectivity index is 2.05. The number of nitrogens with zero attached hydrogens (tertiary/aromatic N) is 1. The fourth-order valence-corrected chi connectivity index (χ4v) is 3.98. The first kappa shape index (κ1) is 16.6. The molecule has 0 aliphatic carbocycles. The normalized spacial score (nSPS) is 20.1. The van der Waals surface area contributed by atoms with E-state index in [9.17, 15) is 12.6 Å². The van der Waals surface area contributed by atoms with Gasteiger partial charge in [-0.25, -0.2) is 0 Å². The smallest absolute Gasteiger partial charge is 0.280 e. The maximum Gasteiger partial charge on any atom is 0.280 e. The SMILES string of the molecule is C[C@H](NS(=O)(=O)N1CCOCC1)c1ccc([S@](C)=O)cc1. The number of benzene rings is 1. The number of morpholine rings is 1. The van der Waals surface area contributed by atoms with E-state index in [2.05, 4.69) is 4.72 Å². The van der Waals surface area contributed by atoms with Crippen LogP contribution in [0.1, 0.15) is 18.5 Å². The van der Waals surface area contributed by atoms with Crippen molar-refractivity contribution in [3.05, 3.63) is 29.8 Å². The summed E-state index contributed by atoms with van der Waals surface area (Å²) >= 11 is 0. The van der Waals surface area contributed by atoms with Gasteiger partial charge in [-0.2, -0.15) is 17.4 Å². The van der Waals surface area contributed by atoms with E-state index in [1.165, 1.54) is 4.31 Å². The summed E-state index contributed by atoms with van der Waals surface area (Å²) < 4.78 is 45.1. The Morgan fingerprint density at radius 3 is 2.33 bits per heavy atom. The summed E-state index contributed by atoms with van der Waals surface area (Å²) in [6, 6.07) is 6.75. The van der Waals surface area contributed by atoms with Crippen molar-refractivity contribution in [2.24, 2.45) is 0 Å². The van der Waals surface area contributed by atoms with E-state index < -0.39 is 21.0 Å². The van der Waals surface area contributed by atoms with Gasteiger partial charge in [0.1, 0.15) is 0 Å². The van der Waals surface area contributed by atoms with Crippen molar-refractivity contribution in [1.29, 1.82) is 0 Å². The molecule has 0 bridgehead atoms. The third-order valence-corrected chi connectivity index (χ3v) is 5.98. The molecule has 1 fully saturated rings. The van der Waals surface area contributed by atoms with Crippen molar-refractivity contribution in [3.8, 4) is 0 Å². The van der Waals surface area contributed by atoms with E-state index >= 15 is 0 Å². The van der Waals surface area contributed by atoms with Crippen molar-refractivity contribution >= 4 is 21.0 Å². The van der Waals surface area contributed by atoms with Gasteiger partial charge in [0.15, 0.2) is 0 Å². The first-order chi connectivity index (χ1) is 9.90. The molecular weight excluding hydrogens is 312 g/mol. The number of rotatable bonds is 5. The highest BCUT2D eigenvalue weighted by Gasteiger charge is 2.26. The molecule has 1 aliphatic heterocycles. The highest BCUT2D eigenvalue weighted by Crippen LogP contribution is 2.17. The van der Waals surface area contributed by atoms with Crippen LogP contribution in [0.25, 0.3) is 0 Å². The predicted octanol–water partition coefficient (Wildman–Crippen LogP) is 0.652. The van der Waals surface area contributed by atoms with Crippen molar-refractivity contribution < 1.29 is 17.4 Å². The minimum atomic E-state index is -3.51. The number of nitrogens with one attached hydrogen (secondary N) is 1. The maximum absolute atomic E-state index is 12.3. The Morgan fingerprint density at radius 1 is 1.24 bits per heavy atom. The van der Waals surface area contributed by atoms with Crippen LogP contribution in [0.5, 0.6) is 0 Å². The first-order valence-electron chi connectivity index (χ1n) is 6.68. The summed E-state index contributed by atoms with van der Waals surface area (Å²) in [6.07, 6.45) is 1.61. The van der Waals surface area contributed by atoms with Gasteiger partial charge in [-0.1, -0.05) is 12.1 Å². The summed E-state index contributed by atoms with van der Waals surface area (Å²) in [6.45, 7) is 3.38. The minimum Gasteiger partial charge on any atom is -0.379 e. The number of hydrogen-bond acceptors (Lipinski definition) is 4. The zero-order chi connectivity index (χ0) is 15.5. The lowest BCUT2D eigenvalue weighted by atomic mass is 10.1. The van der Waals surface area contributed by atoms with Gasteiger partial charge < -0.3 is 4.74 Å². The lowest BCUT2D eigenvalue weighted by Gasteiger charge is -2.27. The fraction of sp³-hybridized carbons (Fsp3) is 0.538. The average molecular weight is 332 g/mol. The largest absolute Gasteiger partial charge is 0.379 e. The summed E-state index contributed by atoms with van der Waals surface area (Å²) in [5.74, 6) is 0. The van der Waals surface area contributed by atoms with Gasteiger partial charge in [-0.05, 0) is 24.6 Å². The van der Waals surface area contributed by atoms with Gasteiger partial charge in [0.2, 0.25) is 0 Å². The quantitative estimate of drug-likeness (QED) is 0.859. The summed E-state index contributed by atoms with van der Waals surface area (Å²) in [5, 5.41) is 0. The monoisotopic (exact) mass is 332 g/mol. The van der Waals surface area contributed by atoms with E-state index in [4.69, 9.17) is 4.74 Å². The van der Waals surface area contributed by atoms with Crippen LogP contribution >= 0.6 is 0 Å². The Hall–Kier alpha value is -0.800. The minimum absolute atomic E-state index is 0.350. The van der Waals surface area contributed by atoms with Gasteiger partial charge in [-0.3, -0.25) is 4.21 Å². The standard InChI is InChI=1S/C13H20N2O4S2/c1-11(12-3-5-13(6-4-12)20(2)16)14-21(17,18)15-7-9-19-10-8-15/h3-6,11,14H,7-10H2,1-2H3/t11-,20-/m0/s1. The molecule has 1 N–H and O–H groups in total. The highest BCUT2D eigenvalue weighted by atomic mass is 32.2. The Bertz CT molecular complexity index is 595. The van der Waals surface area contributed by atoms with Crippen LogP contribution in [0.2, 0.25) is 0 Å². The molecule has 118 valence electrons. The van der Waals surface area contributed by atoms with E-state index in [1.807, 2.05) is 0 Å². The molecule has 8 heteroatoms. The van der Waals surface area contributed by atoms with Crippen molar-refractivity contribution in [2.75, 3.05) is 32.6 Å². The predicted molar refractivity (Wildman–Crippen MR) is 81.6 cm³/mol. The molecule has 0 radical (unpaired) electrons. The van der Waals surface area contributed by atoms with Crippen LogP contribution in [0.3, 0.4) is 0 Å². The van der Waals surface area contributed by atoms with Gasteiger partial charge in [0.25, 0.3) is 10.2 Å². The maximum atomic E-state index is 12.3. The molecule has 0 aromatic heterocycles. The van der Waals surface area contributed by atoms with Crippen LogP contribution < -0.4 is 4.72 Å². The molecule has 2 rings (SSSR count). The lowest BCUT2D eigenvalue weighted by Crippen LogP contribution is -2.47. The molecule has 0 spiro atoms. The first-order valence-corrected chi connectivity index (χ1v) is 9.68. The lowest BCUT2D eigenvalue weighted by molar-refractivity contribution is 0.0723. The Kier molecular flexibility index (Phi) is 5.50. The number of hydrogen-bond donors (Lipinski definition) is 1. The topological polar surface area (TPSA) is 75.7 Å². The molecule has 1 saturated heterocycles. The van der Waals surface area contributed by atoms with Crippen LogP contribution in [-0.4, -0.2) is 49.5 Å². The third kappa shape index (κ3) is 4.33. The molecule has 0 saturated carbocycles. The molecular formula is C13H20N2O4S2. The van der Waals surface area contributed by atoms with Crippen LogP contribution in [0, 0.1) is 0 Å². The average Bonchev–Trinajstić information content (AvgIpc) is 2.48. The van der Waals surface area contributed by atoms with E-state index in [-0.39, 0.29) is 6.04 Å². The molecule has 6 nitrogen and oxygen atoms in total. The number of ether oxygens (including phenoxy) is 1. The second-order valence-electron chi connectivity index (χ2n) is 4.88. The van der Waals surface area contributed by atoms with Gasteiger partial charge in [-0.15, -0.1) is 0 Å². The molecule has 0 amide bonds. The molecule has 1 aromatic rings. The van der Waals surface area contributed by atoms with Crippen molar-refractivity contribution in [1.82, 2.24) is 9.03 Å². The fourth-order valence-electron chi connectivity index (χ4n) is 2.10. The Morgan fingerprint density at radius 2 is 1.81 bits per heavy atom. The van der Waals surface area contributed by atoms with Crippen LogP contribution in [-0.2, 0) is 25.7 Å². The summed E-state index contributed by atoms with van der Waals surface area (Å²) in [4.78, 5) is 0.724. The second kappa shape index (κ2) is 6.97. The molecule has 21 heavy (non-hydrogen) atoms. The summed E-state index contributed by atoms with van der Waals surface area (Å²) in [7, 11) is -4.55. The second-order valence-corrected chi connectivity index (χ2v) is 7.96. The van der Waals surface area contributed by atoms with Crippen LogP contribution in [0.15, 0.2) is 29.2 Å². The van der Waals surface area contributed by atoms with Gasteiger partial charge in [0.05, 0.1) is 13.2 Å². The molecule has 1 aliphatic rings. The van der Waals surface area contributed by atoms with E-state index in [0.717, 1.165) is 10.5 Å². The van der Waals surface area contributed by atoms with E-state index in [0.29, 0.717) is 26.3 Å². The Labute approximate surface area is 128 Å². The van der Waals surface area contributed by atoms with Crippen LogP contribution in [0.4, 0.5) is 0 Å².